The fourth-order valence-corrected chi connectivity index (χ4v) is 2.86. The first kappa shape index (κ1) is 14.1. The zero-order chi connectivity index (χ0) is 13.8. The molecule has 0 bridgehead atoms. The topological polar surface area (TPSA) is 37.3 Å². The van der Waals surface area contributed by atoms with Crippen molar-refractivity contribution in [3.63, 3.8) is 0 Å². The monoisotopic (exact) mass is 263 g/mol. The standard InChI is InChI=1S/C15H25N3O/c1-4-18-11-14(7-8-15(18)19)16-12(2)13-6-5-9-17(3)10-13/h7-8,11-13,16H,4-6,9-10H2,1-3H3. The average Bonchev–Trinajstić information content (AvgIpc) is 2.41. The minimum absolute atomic E-state index is 0.0677. The van der Waals surface area contributed by atoms with Gasteiger partial charge in [-0.05, 0) is 52.3 Å². The number of pyridine rings is 1. The second kappa shape index (κ2) is 6.24. The summed E-state index contributed by atoms with van der Waals surface area (Å²) in [7, 11) is 2.19. The van der Waals surface area contributed by atoms with Crippen LogP contribution in [0.3, 0.4) is 0 Å². The van der Waals surface area contributed by atoms with Gasteiger partial charge in [0.2, 0.25) is 0 Å². The summed E-state index contributed by atoms with van der Waals surface area (Å²) >= 11 is 0. The number of piperidine rings is 1. The number of hydrogen-bond donors (Lipinski definition) is 1. The van der Waals surface area contributed by atoms with E-state index in [-0.39, 0.29) is 5.56 Å². The number of hydrogen-bond acceptors (Lipinski definition) is 3. The van der Waals surface area contributed by atoms with Crippen LogP contribution in [0.5, 0.6) is 0 Å². The van der Waals surface area contributed by atoms with Gasteiger partial charge >= 0.3 is 0 Å². The minimum atomic E-state index is 0.0677. The summed E-state index contributed by atoms with van der Waals surface area (Å²) in [6.07, 6.45) is 4.49. The van der Waals surface area contributed by atoms with Crippen molar-refractivity contribution in [2.45, 2.75) is 39.3 Å². The van der Waals surface area contributed by atoms with Gasteiger partial charge in [-0.3, -0.25) is 4.79 Å². The van der Waals surface area contributed by atoms with Crippen molar-refractivity contribution in [1.29, 1.82) is 0 Å². The molecular weight excluding hydrogens is 238 g/mol. The van der Waals surface area contributed by atoms with Crippen LogP contribution < -0.4 is 10.9 Å². The largest absolute Gasteiger partial charge is 0.381 e. The van der Waals surface area contributed by atoms with Crippen LogP contribution in [-0.2, 0) is 6.54 Å². The molecule has 0 saturated carbocycles. The first-order chi connectivity index (χ1) is 9.10. The van der Waals surface area contributed by atoms with Crippen LogP contribution in [0.2, 0.25) is 0 Å². The Morgan fingerprint density at radius 3 is 2.95 bits per heavy atom. The van der Waals surface area contributed by atoms with Crippen molar-refractivity contribution in [1.82, 2.24) is 9.47 Å². The molecule has 19 heavy (non-hydrogen) atoms. The van der Waals surface area contributed by atoms with Crippen LogP contribution in [0.4, 0.5) is 5.69 Å². The third kappa shape index (κ3) is 3.60. The molecule has 2 rings (SSSR count). The highest BCUT2D eigenvalue weighted by atomic mass is 16.1. The third-order valence-corrected chi connectivity index (χ3v) is 4.09. The predicted octanol–water partition coefficient (Wildman–Crippen LogP) is 2.01. The molecule has 0 aromatic carbocycles. The molecule has 2 heterocycles. The van der Waals surface area contributed by atoms with Gasteiger partial charge in [0.25, 0.3) is 5.56 Å². The maximum absolute atomic E-state index is 11.6. The molecule has 0 amide bonds. The van der Waals surface area contributed by atoms with E-state index in [2.05, 4.69) is 24.2 Å². The molecule has 1 aromatic rings. The number of aromatic nitrogens is 1. The van der Waals surface area contributed by atoms with E-state index in [0.717, 1.165) is 18.8 Å². The highest BCUT2D eigenvalue weighted by Gasteiger charge is 2.22. The molecule has 4 heteroatoms. The van der Waals surface area contributed by atoms with Crippen LogP contribution in [0.25, 0.3) is 0 Å². The lowest BCUT2D eigenvalue weighted by atomic mass is 9.92. The van der Waals surface area contributed by atoms with E-state index in [4.69, 9.17) is 0 Å². The Morgan fingerprint density at radius 1 is 1.47 bits per heavy atom. The van der Waals surface area contributed by atoms with Crippen molar-refractivity contribution in [2.75, 3.05) is 25.5 Å². The Balaban J connectivity index is 2.01. The first-order valence-electron chi connectivity index (χ1n) is 7.25. The Bertz CT molecular complexity index is 469. The van der Waals surface area contributed by atoms with Crippen LogP contribution in [0, 0.1) is 5.92 Å². The zero-order valence-electron chi connectivity index (χ0n) is 12.2. The molecule has 1 aliphatic rings. The summed E-state index contributed by atoms with van der Waals surface area (Å²) in [6, 6.07) is 3.97. The molecule has 0 spiro atoms. The molecule has 0 radical (unpaired) electrons. The van der Waals surface area contributed by atoms with Crippen molar-refractivity contribution in [3.05, 3.63) is 28.7 Å². The van der Waals surface area contributed by atoms with Crippen molar-refractivity contribution >= 4 is 5.69 Å². The molecule has 1 saturated heterocycles. The molecule has 0 aliphatic carbocycles. The molecule has 2 unspecified atom stereocenters. The fourth-order valence-electron chi connectivity index (χ4n) is 2.86. The summed E-state index contributed by atoms with van der Waals surface area (Å²) in [4.78, 5) is 14.0. The Morgan fingerprint density at radius 2 is 2.26 bits per heavy atom. The molecule has 1 fully saturated rings. The maximum Gasteiger partial charge on any atom is 0.250 e. The highest BCUT2D eigenvalue weighted by molar-refractivity contribution is 5.41. The molecule has 1 aromatic heterocycles. The highest BCUT2D eigenvalue weighted by Crippen LogP contribution is 2.21. The van der Waals surface area contributed by atoms with Gasteiger partial charge in [-0.1, -0.05) is 0 Å². The van der Waals surface area contributed by atoms with Crippen LogP contribution in [0.1, 0.15) is 26.7 Å². The van der Waals surface area contributed by atoms with E-state index in [9.17, 15) is 4.79 Å². The summed E-state index contributed by atoms with van der Waals surface area (Å²) in [6.45, 7) is 7.32. The summed E-state index contributed by atoms with van der Waals surface area (Å²) in [5.41, 5.74) is 1.11. The number of anilines is 1. The van der Waals surface area contributed by atoms with Gasteiger partial charge in [0, 0.05) is 31.4 Å². The normalized spacial score (nSPS) is 22.2. The zero-order valence-corrected chi connectivity index (χ0v) is 12.2. The van der Waals surface area contributed by atoms with Crippen LogP contribution in [-0.4, -0.2) is 35.6 Å². The lowest BCUT2D eigenvalue weighted by Gasteiger charge is -2.34. The van der Waals surface area contributed by atoms with Gasteiger partial charge in [-0.2, -0.15) is 0 Å². The summed E-state index contributed by atoms with van der Waals surface area (Å²) < 4.78 is 1.74. The summed E-state index contributed by atoms with van der Waals surface area (Å²) in [5, 5.41) is 3.55. The minimum Gasteiger partial charge on any atom is -0.381 e. The smallest absolute Gasteiger partial charge is 0.250 e. The lowest BCUT2D eigenvalue weighted by Crippen LogP contribution is -2.40. The first-order valence-corrected chi connectivity index (χ1v) is 7.25. The number of nitrogens with one attached hydrogen (secondary N) is 1. The molecule has 106 valence electrons. The SMILES string of the molecule is CCn1cc(NC(C)C2CCCN(C)C2)ccc1=O. The van der Waals surface area contributed by atoms with Gasteiger partial charge in [-0.25, -0.2) is 0 Å². The number of rotatable bonds is 4. The van der Waals surface area contributed by atoms with E-state index in [1.54, 1.807) is 10.6 Å². The second-order valence-electron chi connectivity index (χ2n) is 5.64. The van der Waals surface area contributed by atoms with Gasteiger partial charge in [0.05, 0.1) is 5.69 Å². The van der Waals surface area contributed by atoms with Gasteiger partial charge in [0.1, 0.15) is 0 Å². The van der Waals surface area contributed by atoms with E-state index >= 15 is 0 Å². The Labute approximate surface area is 115 Å². The number of nitrogens with zero attached hydrogens (tertiary/aromatic N) is 2. The molecular formula is C15H25N3O. The van der Waals surface area contributed by atoms with Gasteiger partial charge < -0.3 is 14.8 Å². The van der Waals surface area contributed by atoms with Crippen molar-refractivity contribution in [3.8, 4) is 0 Å². The van der Waals surface area contributed by atoms with E-state index in [1.165, 1.54) is 19.4 Å². The number of aryl methyl sites for hydroxylation is 1. The predicted molar refractivity (Wildman–Crippen MR) is 79.7 cm³/mol. The Hall–Kier alpha value is -1.29. The van der Waals surface area contributed by atoms with Crippen molar-refractivity contribution < 1.29 is 0 Å². The molecule has 1 N–H and O–H groups in total. The van der Waals surface area contributed by atoms with Crippen molar-refractivity contribution in [2.24, 2.45) is 5.92 Å². The maximum atomic E-state index is 11.6. The Kier molecular flexibility index (Phi) is 4.64. The number of likely N-dealkylation sites (tertiary alicyclic amines) is 1. The molecule has 1 aliphatic heterocycles. The molecule has 2 atom stereocenters. The van der Waals surface area contributed by atoms with E-state index in [0.29, 0.717) is 12.0 Å². The average molecular weight is 263 g/mol. The fraction of sp³-hybridized carbons (Fsp3) is 0.667. The quantitative estimate of drug-likeness (QED) is 0.903. The van der Waals surface area contributed by atoms with E-state index in [1.807, 2.05) is 19.2 Å². The third-order valence-electron chi connectivity index (χ3n) is 4.09. The van der Waals surface area contributed by atoms with Crippen LogP contribution >= 0.6 is 0 Å². The van der Waals surface area contributed by atoms with Crippen LogP contribution in [0.15, 0.2) is 23.1 Å². The second-order valence-corrected chi connectivity index (χ2v) is 5.64. The summed E-state index contributed by atoms with van der Waals surface area (Å²) in [5.74, 6) is 0.681. The van der Waals surface area contributed by atoms with Gasteiger partial charge in [-0.15, -0.1) is 0 Å². The lowest BCUT2D eigenvalue weighted by molar-refractivity contribution is 0.197. The van der Waals surface area contributed by atoms with Gasteiger partial charge in [0.15, 0.2) is 0 Å². The van der Waals surface area contributed by atoms with E-state index < -0.39 is 0 Å². The molecule has 4 nitrogen and oxygen atoms in total.